The van der Waals surface area contributed by atoms with Gasteiger partial charge < -0.3 is 19.9 Å². The number of halogens is 1. The molecule has 3 aromatic heterocycles. The maximum Gasteiger partial charge on any atom is 0.223 e. The monoisotopic (exact) mass is 555 g/mol. The minimum atomic E-state index is -1.03. The van der Waals surface area contributed by atoms with Crippen LogP contribution in [0.15, 0.2) is 55.2 Å². The Hall–Kier alpha value is -4.38. The standard InChI is InChI=1S/C30H34FN9O/c1-18-12-19(6-9-26(18)41-20-7-8-25-23(13-20)35-17-39(25)5)36-28-27-24(33-16-34-28)14-32-29(38-27)37-22-10-11-40(15-21(22)31)30(2,3)4/h6-9,12-14,16-17,21-22H,10-11,15H2,1-5H3,(H,32,37,38)(H,33,34,36)/t21-,22+/m0/s1. The van der Waals surface area contributed by atoms with Gasteiger partial charge in [-0.1, -0.05) is 0 Å². The van der Waals surface area contributed by atoms with Crippen LogP contribution in [0.5, 0.6) is 11.5 Å². The smallest absolute Gasteiger partial charge is 0.223 e. The van der Waals surface area contributed by atoms with E-state index in [0.717, 1.165) is 40.3 Å². The van der Waals surface area contributed by atoms with Crippen molar-refractivity contribution in [1.29, 1.82) is 0 Å². The first-order chi connectivity index (χ1) is 19.6. The van der Waals surface area contributed by atoms with Crippen molar-refractivity contribution in [3.05, 3.63) is 60.8 Å². The lowest BCUT2D eigenvalue weighted by Gasteiger charge is -2.42. The lowest BCUT2D eigenvalue weighted by molar-refractivity contribution is 0.0552. The Kier molecular flexibility index (Phi) is 6.90. The van der Waals surface area contributed by atoms with Gasteiger partial charge >= 0.3 is 0 Å². The van der Waals surface area contributed by atoms with Crippen LogP contribution in [0.4, 0.5) is 21.8 Å². The molecule has 5 aromatic rings. The highest BCUT2D eigenvalue weighted by Gasteiger charge is 2.34. The number of benzene rings is 2. The van der Waals surface area contributed by atoms with Crippen molar-refractivity contribution < 1.29 is 9.13 Å². The van der Waals surface area contributed by atoms with E-state index < -0.39 is 6.17 Å². The zero-order chi connectivity index (χ0) is 28.7. The van der Waals surface area contributed by atoms with Crippen LogP contribution in [0.25, 0.3) is 22.1 Å². The second-order valence-electron chi connectivity index (χ2n) is 11.5. The second kappa shape index (κ2) is 10.5. The summed E-state index contributed by atoms with van der Waals surface area (Å²) >= 11 is 0. The van der Waals surface area contributed by atoms with Crippen LogP contribution < -0.4 is 15.4 Å². The van der Waals surface area contributed by atoms with Gasteiger partial charge in [-0.3, -0.25) is 4.90 Å². The zero-order valence-electron chi connectivity index (χ0n) is 23.9. The van der Waals surface area contributed by atoms with E-state index in [1.54, 1.807) is 12.5 Å². The van der Waals surface area contributed by atoms with Crippen molar-refractivity contribution in [2.75, 3.05) is 23.7 Å². The first-order valence-corrected chi connectivity index (χ1v) is 13.7. The summed E-state index contributed by atoms with van der Waals surface area (Å²) < 4.78 is 23.2. The topological polar surface area (TPSA) is 106 Å². The van der Waals surface area contributed by atoms with Crippen molar-refractivity contribution in [2.45, 2.75) is 51.9 Å². The van der Waals surface area contributed by atoms with Gasteiger partial charge in [-0.25, -0.2) is 29.3 Å². The number of hydrogen-bond acceptors (Lipinski definition) is 9. The molecule has 0 spiro atoms. The molecule has 0 aliphatic carbocycles. The van der Waals surface area contributed by atoms with E-state index in [0.29, 0.717) is 35.8 Å². The number of fused-ring (bicyclic) bond motifs is 2. The third kappa shape index (κ3) is 5.62. The molecule has 0 radical (unpaired) electrons. The molecule has 41 heavy (non-hydrogen) atoms. The molecular weight excluding hydrogens is 521 g/mol. The van der Waals surface area contributed by atoms with Gasteiger partial charge in [0.15, 0.2) is 5.82 Å². The summed E-state index contributed by atoms with van der Waals surface area (Å²) in [6.07, 6.45) is 4.53. The molecule has 0 bridgehead atoms. The molecule has 4 heterocycles. The highest BCUT2D eigenvalue weighted by Crippen LogP contribution is 2.31. The van der Waals surface area contributed by atoms with Crippen molar-refractivity contribution in [3.63, 3.8) is 0 Å². The summed E-state index contributed by atoms with van der Waals surface area (Å²) in [5.41, 5.74) is 4.77. The predicted octanol–water partition coefficient (Wildman–Crippen LogP) is 5.77. The van der Waals surface area contributed by atoms with Gasteiger partial charge in [0.2, 0.25) is 5.95 Å². The number of nitrogens with one attached hydrogen (secondary N) is 2. The molecule has 2 aromatic carbocycles. The maximum atomic E-state index is 15.1. The third-order valence-electron chi connectivity index (χ3n) is 7.54. The number of imidazole rings is 1. The minimum absolute atomic E-state index is 0.0662. The Balaban J connectivity index is 1.18. The molecule has 2 atom stereocenters. The molecule has 0 amide bonds. The van der Waals surface area contributed by atoms with E-state index in [4.69, 9.17) is 4.74 Å². The summed E-state index contributed by atoms with van der Waals surface area (Å²) in [6.45, 7) is 9.50. The Morgan fingerprint density at radius 2 is 1.88 bits per heavy atom. The molecule has 0 unspecified atom stereocenters. The average molecular weight is 556 g/mol. The summed E-state index contributed by atoms with van der Waals surface area (Å²) in [5.74, 6) is 2.36. The number of anilines is 3. The lowest BCUT2D eigenvalue weighted by Crippen LogP contribution is -2.54. The molecule has 11 heteroatoms. The van der Waals surface area contributed by atoms with E-state index in [1.807, 2.05) is 54.9 Å². The third-order valence-corrected chi connectivity index (χ3v) is 7.54. The molecule has 10 nitrogen and oxygen atoms in total. The first kappa shape index (κ1) is 26.8. The fourth-order valence-corrected chi connectivity index (χ4v) is 5.14. The second-order valence-corrected chi connectivity index (χ2v) is 11.5. The van der Waals surface area contributed by atoms with Crippen molar-refractivity contribution >= 4 is 39.5 Å². The minimum Gasteiger partial charge on any atom is -0.457 e. The largest absolute Gasteiger partial charge is 0.457 e. The van der Waals surface area contributed by atoms with E-state index >= 15 is 4.39 Å². The van der Waals surface area contributed by atoms with Crippen LogP contribution in [0, 0.1) is 6.92 Å². The number of aromatic nitrogens is 6. The van der Waals surface area contributed by atoms with E-state index in [-0.39, 0.29) is 11.6 Å². The number of nitrogens with zero attached hydrogens (tertiary/aromatic N) is 7. The summed E-state index contributed by atoms with van der Waals surface area (Å²) in [6, 6.07) is 11.3. The lowest BCUT2D eigenvalue weighted by atomic mass is 9.97. The average Bonchev–Trinajstić information content (AvgIpc) is 3.31. The number of alkyl halides is 1. The SMILES string of the molecule is Cc1cc(Nc2ncnc3cnc(N[C@@H]4CCN(C(C)(C)C)C[C@@H]4F)nc23)ccc1Oc1ccc2c(c1)ncn2C. The Morgan fingerprint density at radius 1 is 1.02 bits per heavy atom. The number of aryl methyl sites for hydroxylation is 2. The van der Waals surface area contributed by atoms with Crippen LogP contribution in [0.1, 0.15) is 32.8 Å². The summed E-state index contributed by atoms with van der Waals surface area (Å²) in [4.78, 5) is 24.4. The number of hydrogen-bond donors (Lipinski definition) is 2. The van der Waals surface area contributed by atoms with Crippen LogP contribution in [-0.2, 0) is 7.05 Å². The molecular formula is C30H34FN9O. The molecule has 2 N–H and O–H groups in total. The van der Waals surface area contributed by atoms with Crippen molar-refractivity contribution in [3.8, 4) is 11.5 Å². The fraction of sp³-hybridized carbons (Fsp3) is 0.367. The maximum absolute atomic E-state index is 15.1. The molecule has 1 saturated heterocycles. The molecule has 212 valence electrons. The van der Waals surface area contributed by atoms with Gasteiger partial charge in [0.05, 0.1) is 29.6 Å². The molecule has 1 aliphatic rings. The molecule has 6 rings (SSSR count). The summed E-state index contributed by atoms with van der Waals surface area (Å²) in [7, 11) is 1.96. The summed E-state index contributed by atoms with van der Waals surface area (Å²) in [5, 5.41) is 6.56. The number of likely N-dealkylation sites (tertiary alicyclic amines) is 1. The van der Waals surface area contributed by atoms with E-state index in [1.165, 1.54) is 6.33 Å². The van der Waals surface area contributed by atoms with E-state index in [2.05, 4.69) is 61.2 Å². The van der Waals surface area contributed by atoms with Gasteiger partial charge in [-0.15, -0.1) is 0 Å². The van der Waals surface area contributed by atoms with Gasteiger partial charge in [0.1, 0.15) is 35.0 Å². The fourth-order valence-electron chi connectivity index (χ4n) is 5.14. The number of ether oxygens (including phenoxy) is 1. The number of rotatable bonds is 6. The quantitative estimate of drug-likeness (QED) is 0.270. The van der Waals surface area contributed by atoms with Crippen LogP contribution in [0.2, 0.25) is 0 Å². The van der Waals surface area contributed by atoms with Crippen molar-refractivity contribution in [1.82, 2.24) is 34.4 Å². The van der Waals surface area contributed by atoms with Crippen LogP contribution in [-0.4, -0.2) is 65.2 Å². The molecule has 0 saturated carbocycles. The van der Waals surface area contributed by atoms with Gasteiger partial charge in [0.25, 0.3) is 0 Å². The molecule has 1 aliphatic heterocycles. The highest BCUT2D eigenvalue weighted by atomic mass is 19.1. The van der Waals surface area contributed by atoms with E-state index in [9.17, 15) is 0 Å². The van der Waals surface area contributed by atoms with Crippen molar-refractivity contribution in [2.24, 2.45) is 7.05 Å². The number of piperidine rings is 1. The Bertz CT molecular complexity index is 1710. The highest BCUT2D eigenvalue weighted by molar-refractivity contribution is 5.87. The normalized spacial score (nSPS) is 18.1. The molecule has 1 fully saturated rings. The Morgan fingerprint density at radius 3 is 2.66 bits per heavy atom. The van der Waals surface area contributed by atoms with Gasteiger partial charge in [-0.05, 0) is 70.0 Å². The van der Waals surface area contributed by atoms with Crippen LogP contribution >= 0.6 is 0 Å². The predicted molar refractivity (Wildman–Crippen MR) is 159 cm³/mol. The first-order valence-electron chi connectivity index (χ1n) is 13.7. The zero-order valence-corrected chi connectivity index (χ0v) is 23.9. The van der Waals surface area contributed by atoms with Gasteiger partial charge in [-0.2, -0.15) is 0 Å². The van der Waals surface area contributed by atoms with Crippen LogP contribution in [0.3, 0.4) is 0 Å². The van der Waals surface area contributed by atoms with Gasteiger partial charge in [0, 0.05) is 37.4 Å². The Labute approximate surface area is 238 Å².